The van der Waals surface area contributed by atoms with Crippen LogP contribution < -0.4 is 11.1 Å². The first-order valence-electron chi connectivity index (χ1n) is 12.0. The van der Waals surface area contributed by atoms with Crippen LogP contribution in [0.25, 0.3) is 0 Å². The van der Waals surface area contributed by atoms with Crippen molar-refractivity contribution in [2.45, 2.75) is 70.8 Å². The van der Waals surface area contributed by atoms with E-state index in [0.717, 1.165) is 35.7 Å². The summed E-state index contributed by atoms with van der Waals surface area (Å²) in [6.45, 7) is 4.88. The van der Waals surface area contributed by atoms with Crippen LogP contribution >= 0.6 is 0 Å². The Morgan fingerprint density at radius 1 is 1.19 bits per heavy atom. The van der Waals surface area contributed by atoms with Gasteiger partial charge in [0, 0.05) is 24.7 Å². The van der Waals surface area contributed by atoms with Crippen LogP contribution in [0.5, 0.6) is 0 Å². The number of piperidine rings is 1. The number of nitrogens with two attached hydrogens (primary N) is 1. The van der Waals surface area contributed by atoms with E-state index in [9.17, 15) is 13.2 Å². The minimum Gasteiger partial charge on any atom is -0.399 e. The van der Waals surface area contributed by atoms with E-state index in [1.165, 1.54) is 23.6 Å². The number of hydrogen-bond acceptors (Lipinski definition) is 5. The molecule has 1 aromatic rings. The molecule has 0 bridgehead atoms. The van der Waals surface area contributed by atoms with Crippen molar-refractivity contribution in [1.29, 1.82) is 0 Å². The summed E-state index contributed by atoms with van der Waals surface area (Å²) in [5, 5.41) is 3.06. The number of nitrogen functional groups attached to an aromatic ring is 1. The monoisotopic (exact) mass is 460 g/mol. The van der Waals surface area contributed by atoms with Gasteiger partial charge in [-0.15, -0.1) is 0 Å². The Bertz CT molecular complexity index is 988. The number of sulfonamides is 1. The molecule has 1 saturated heterocycles. The molecule has 176 valence electrons. The second-order valence-corrected chi connectivity index (χ2v) is 11.8. The van der Waals surface area contributed by atoms with Gasteiger partial charge in [-0.05, 0) is 81.0 Å². The third kappa shape index (κ3) is 4.71. The van der Waals surface area contributed by atoms with Crippen molar-refractivity contribution >= 4 is 27.5 Å². The molecule has 0 atom stereocenters. The van der Waals surface area contributed by atoms with Gasteiger partial charge in [0.1, 0.15) is 11.4 Å². The summed E-state index contributed by atoms with van der Waals surface area (Å²) in [5.74, 6) is 2.00. The number of nitrogens with one attached hydrogen (secondary N) is 1. The van der Waals surface area contributed by atoms with Crippen molar-refractivity contribution in [3.8, 4) is 0 Å². The minimum absolute atomic E-state index is 0.0420. The number of carbonyl (C=O) groups excluding carboxylic acids is 1. The fraction of sp³-hybridized carbons (Fsp3) is 0.667. The number of aryl methyl sites for hydroxylation is 2. The van der Waals surface area contributed by atoms with Crippen LogP contribution in [0.3, 0.4) is 0 Å². The highest BCUT2D eigenvalue weighted by Crippen LogP contribution is 2.36. The van der Waals surface area contributed by atoms with Gasteiger partial charge in [-0.2, -0.15) is 0 Å². The molecule has 1 aliphatic carbocycles. The molecular formula is C24H36N4O3S. The normalized spacial score (nSPS) is 26.2. The molecular weight excluding hydrogens is 424 g/mol. The van der Waals surface area contributed by atoms with Gasteiger partial charge in [-0.3, -0.25) is 9.79 Å². The molecule has 7 nitrogen and oxygen atoms in total. The predicted molar refractivity (Wildman–Crippen MR) is 128 cm³/mol. The number of benzene rings is 1. The number of amidine groups is 1. The third-order valence-corrected chi connectivity index (χ3v) is 9.62. The van der Waals surface area contributed by atoms with E-state index in [0.29, 0.717) is 44.0 Å². The number of nitrogens with zero attached hydrogens (tertiary/aromatic N) is 2. The third-order valence-electron chi connectivity index (χ3n) is 7.75. The van der Waals surface area contributed by atoms with Gasteiger partial charge in [0.15, 0.2) is 0 Å². The molecule has 0 radical (unpaired) electrons. The highest BCUT2D eigenvalue weighted by atomic mass is 32.2. The Morgan fingerprint density at radius 3 is 2.50 bits per heavy atom. The summed E-state index contributed by atoms with van der Waals surface area (Å²) >= 11 is 0. The van der Waals surface area contributed by atoms with E-state index in [2.05, 4.69) is 12.2 Å². The van der Waals surface area contributed by atoms with Gasteiger partial charge in [-0.25, -0.2) is 12.7 Å². The Morgan fingerprint density at radius 2 is 1.88 bits per heavy atom. The Hall–Kier alpha value is -1.93. The van der Waals surface area contributed by atoms with Crippen molar-refractivity contribution in [3.63, 3.8) is 0 Å². The van der Waals surface area contributed by atoms with Crippen molar-refractivity contribution in [3.05, 3.63) is 29.3 Å². The van der Waals surface area contributed by atoms with Crippen LogP contribution in [0.2, 0.25) is 0 Å². The molecule has 8 heteroatoms. The number of hydrogen-bond donors (Lipinski definition) is 2. The molecule has 0 unspecified atom stereocenters. The molecule has 1 amide bonds. The molecule has 3 aliphatic rings. The van der Waals surface area contributed by atoms with Crippen LogP contribution in [0.1, 0.15) is 63.0 Å². The van der Waals surface area contributed by atoms with Crippen molar-refractivity contribution in [1.82, 2.24) is 9.62 Å². The zero-order chi connectivity index (χ0) is 22.9. The SMILES string of the molecule is CC[C@H]1CC[C@H](C2=NC3(CCN(S(=O)(=O)CCc4ccc(N)cc4C)CC3)C(=O)N2)CC1. The fourth-order valence-electron chi connectivity index (χ4n) is 5.42. The molecule has 0 aromatic heterocycles. The summed E-state index contributed by atoms with van der Waals surface area (Å²) in [6, 6.07) is 5.58. The average molecular weight is 461 g/mol. The van der Waals surface area contributed by atoms with Gasteiger partial charge in [0.2, 0.25) is 10.0 Å². The first-order valence-corrected chi connectivity index (χ1v) is 13.6. The second kappa shape index (κ2) is 9.14. The maximum Gasteiger partial charge on any atom is 0.253 e. The predicted octanol–water partition coefficient (Wildman–Crippen LogP) is 3.03. The number of rotatable bonds is 6. The topological polar surface area (TPSA) is 105 Å². The second-order valence-electron chi connectivity index (χ2n) is 9.76. The largest absolute Gasteiger partial charge is 0.399 e. The number of amides is 1. The number of anilines is 1. The van der Waals surface area contributed by atoms with Gasteiger partial charge >= 0.3 is 0 Å². The first kappa shape index (κ1) is 23.2. The molecule has 2 aliphatic heterocycles. The molecule has 3 N–H and O–H groups in total. The molecule has 1 spiro atoms. The smallest absolute Gasteiger partial charge is 0.253 e. The molecule has 2 heterocycles. The highest BCUT2D eigenvalue weighted by molar-refractivity contribution is 7.89. The lowest BCUT2D eigenvalue weighted by Crippen LogP contribution is -2.51. The van der Waals surface area contributed by atoms with Gasteiger partial charge < -0.3 is 11.1 Å². The van der Waals surface area contributed by atoms with Crippen molar-refractivity contribution in [2.75, 3.05) is 24.6 Å². The fourth-order valence-corrected chi connectivity index (χ4v) is 6.90. The van der Waals surface area contributed by atoms with Crippen LogP contribution in [-0.2, 0) is 21.2 Å². The van der Waals surface area contributed by atoms with Crippen molar-refractivity contribution < 1.29 is 13.2 Å². The maximum absolute atomic E-state index is 13.0. The summed E-state index contributed by atoms with van der Waals surface area (Å²) in [4.78, 5) is 17.7. The lowest BCUT2D eigenvalue weighted by atomic mass is 9.80. The summed E-state index contributed by atoms with van der Waals surface area (Å²) < 4.78 is 27.5. The lowest BCUT2D eigenvalue weighted by Gasteiger charge is -2.34. The van der Waals surface area contributed by atoms with Gasteiger partial charge in [0.25, 0.3) is 5.91 Å². The zero-order valence-corrected chi connectivity index (χ0v) is 20.1. The van der Waals surface area contributed by atoms with Crippen LogP contribution in [0, 0.1) is 18.8 Å². The number of aliphatic imine (C=N–C) groups is 1. The molecule has 1 saturated carbocycles. The maximum atomic E-state index is 13.0. The summed E-state index contributed by atoms with van der Waals surface area (Å²) in [5.41, 5.74) is 7.71. The quantitative estimate of drug-likeness (QED) is 0.637. The first-order chi connectivity index (χ1) is 15.2. The average Bonchev–Trinajstić information content (AvgIpc) is 3.09. The lowest BCUT2D eigenvalue weighted by molar-refractivity contribution is -0.125. The highest BCUT2D eigenvalue weighted by Gasteiger charge is 2.48. The summed E-state index contributed by atoms with van der Waals surface area (Å²) in [7, 11) is -3.39. The van der Waals surface area contributed by atoms with E-state index in [-0.39, 0.29) is 11.7 Å². The van der Waals surface area contributed by atoms with E-state index in [4.69, 9.17) is 10.7 Å². The zero-order valence-electron chi connectivity index (χ0n) is 19.3. The Balaban J connectivity index is 1.36. The standard InChI is InChI=1S/C24H36N4O3S/c1-3-18-4-6-20(7-5-18)22-26-23(29)24(27-22)11-13-28(14-12-24)32(30,31)15-10-19-8-9-21(25)16-17(19)2/h8-9,16,18,20H,3-7,10-15,25H2,1-2H3,(H,26,27,29)/t18-,20-. The number of carbonyl (C=O) groups is 1. The molecule has 32 heavy (non-hydrogen) atoms. The minimum atomic E-state index is -3.39. The molecule has 1 aromatic carbocycles. The van der Waals surface area contributed by atoms with Gasteiger partial charge in [0.05, 0.1) is 5.75 Å². The molecule has 2 fully saturated rings. The Kier molecular flexibility index (Phi) is 6.63. The van der Waals surface area contributed by atoms with E-state index in [1.807, 2.05) is 25.1 Å². The Labute approximate surface area is 191 Å². The molecule has 4 rings (SSSR count). The van der Waals surface area contributed by atoms with Crippen LogP contribution in [0.15, 0.2) is 23.2 Å². The van der Waals surface area contributed by atoms with E-state index in [1.54, 1.807) is 0 Å². The van der Waals surface area contributed by atoms with Crippen molar-refractivity contribution in [2.24, 2.45) is 16.8 Å². The summed E-state index contributed by atoms with van der Waals surface area (Å²) in [6.07, 6.45) is 7.14. The van der Waals surface area contributed by atoms with E-state index >= 15 is 0 Å². The van der Waals surface area contributed by atoms with E-state index < -0.39 is 15.6 Å². The van der Waals surface area contributed by atoms with Crippen LogP contribution in [0.4, 0.5) is 5.69 Å². The van der Waals surface area contributed by atoms with Gasteiger partial charge in [-0.1, -0.05) is 19.4 Å². The van der Waals surface area contributed by atoms with Crippen LogP contribution in [-0.4, -0.2) is 48.8 Å².